The summed E-state index contributed by atoms with van der Waals surface area (Å²) < 4.78 is 63.5. The van der Waals surface area contributed by atoms with Crippen molar-refractivity contribution in [2.45, 2.75) is 9.79 Å². The van der Waals surface area contributed by atoms with Gasteiger partial charge in [-0.1, -0.05) is 52.3 Å². The first-order chi connectivity index (χ1) is 15.2. The molecule has 0 fully saturated rings. The lowest BCUT2D eigenvalue weighted by atomic mass is 10.2. The summed E-state index contributed by atoms with van der Waals surface area (Å²) >= 11 is 3.20. The van der Waals surface area contributed by atoms with E-state index in [4.69, 9.17) is 8.60 Å². The Morgan fingerprint density at radius 2 is 1.50 bits per heavy atom. The van der Waals surface area contributed by atoms with Crippen LogP contribution in [0.1, 0.15) is 0 Å². The zero-order valence-corrected chi connectivity index (χ0v) is 19.3. The summed E-state index contributed by atoms with van der Waals surface area (Å²) in [5.74, 6) is -0.211. The second-order valence-corrected chi connectivity index (χ2v) is 10.7. The zero-order chi connectivity index (χ0) is 22.9. The minimum atomic E-state index is -4.22. The van der Waals surface area contributed by atoms with E-state index in [9.17, 15) is 21.6 Å². The molecule has 3 aromatic carbocycles. The van der Waals surface area contributed by atoms with Crippen molar-refractivity contribution in [2.75, 3.05) is 4.72 Å². The van der Waals surface area contributed by atoms with E-state index in [1.807, 2.05) is 0 Å². The number of para-hydroxylation sites is 1. The van der Waals surface area contributed by atoms with Gasteiger partial charge in [0.05, 0.1) is 4.90 Å². The molecule has 0 amide bonds. The molecule has 0 radical (unpaired) electrons. The lowest BCUT2D eigenvalue weighted by Crippen LogP contribution is -2.18. The van der Waals surface area contributed by atoms with Crippen molar-refractivity contribution < 1.29 is 25.4 Å². The van der Waals surface area contributed by atoms with Gasteiger partial charge >= 0.3 is 15.7 Å². The monoisotopic (exact) mass is 535 g/mol. The lowest BCUT2D eigenvalue weighted by molar-refractivity contribution is 0.475. The second-order valence-electron chi connectivity index (χ2n) is 6.54. The van der Waals surface area contributed by atoms with E-state index in [1.54, 1.807) is 24.3 Å². The minimum Gasteiger partial charge on any atom is -0.417 e. The summed E-state index contributed by atoms with van der Waals surface area (Å²) in [6, 6.07) is 19.0. The molecule has 1 aromatic heterocycles. The minimum absolute atomic E-state index is 0.0308. The summed E-state index contributed by atoms with van der Waals surface area (Å²) in [5, 5.41) is 0.261. The molecule has 0 aliphatic carbocycles. The fourth-order valence-electron chi connectivity index (χ4n) is 2.85. The van der Waals surface area contributed by atoms with E-state index >= 15 is 0 Å². The predicted molar refractivity (Wildman–Crippen MR) is 122 cm³/mol. The van der Waals surface area contributed by atoms with Gasteiger partial charge in [0, 0.05) is 9.86 Å². The smallest absolute Gasteiger partial charge is 0.360 e. The number of hydrogen-bond acceptors (Lipinski definition) is 7. The van der Waals surface area contributed by atoms with E-state index < -0.39 is 25.8 Å². The molecule has 0 saturated heterocycles. The van der Waals surface area contributed by atoms with Gasteiger partial charge in [0.25, 0.3) is 10.0 Å². The normalized spacial score (nSPS) is 11.9. The number of hydrogen-bond donors (Lipinski definition) is 1. The quantitative estimate of drug-likeness (QED) is 0.291. The van der Waals surface area contributed by atoms with Gasteiger partial charge in [-0.05, 0) is 42.5 Å². The lowest BCUT2D eigenvalue weighted by Gasteiger charge is -2.10. The van der Waals surface area contributed by atoms with Crippen LogP contribution >= 0.6 is 15.9 Å². The van der Waals surface area contributed by atoms with Gasteiger partial charge in [-0.2, -0.15) is 8.42 Å². The molecule has 0 bridgehead atoms. The molecule has 8 nitrogen and oxygen atoms in total. The molecule has 0 aliphatic heterocycles. The van der Waals surface area contributed by atoms with Crippen LogP contribution in [0.15, 0.2) is 102 Å². The maximum absolute atomic E-state index is 12.6. The number of rotatable bonds is 6. The number of anilines is 1. The molecule has 32 heavy (non-hydrogen) atoms. The summed E-state index contributed by atoms with van der Waals surface area (Å²) in [7, 11) is -8.24. The maximum atomic E-state index is 12.6. The molecule has 11 heteroatoms. The third kappa shape index (κ3) is 4.54. The number of sulfonamides is 1. The Labute approximate surface area is 191 Å². The first-order valence-electron chi connectivity index (χ1n) is 9.00. The highest BCUT2D eigenvalue weighted by atomic mass is 79.9. The number of fused-ring (bicyclic) bond motifs is 1. The highest BCUT2D eigenvalue weighted by molar-refractivity contribution is 9.10. The average molecular weight is 536 g/mol. The first-order valence-corrected chi connectivity index (χ1v) is 12.7. The summed E-state index contributed by atoms with van der Waals surface area (Å²) in [4.78, 5) is 12.3. The molecule has 164 valence electrons. The van der Waals surface area contributed by atoms with Gasteiger partial charge in [-0.15, -0.1) is 0 Å². The Morgan fingerprint density at radius 3 is 2.22 bits per heavy atom. The van der Waals surface area contributed by atoms with Crippen molar-refractivity contribution in [3.63, 3.8) is 0 Å². The van der Waals surface area contributed by atoms with Crippen LogP contribution in [0.3, 0.4) is 0 Å². The third-order valence-corrected chi connectivity index (χ3v) is 7.41. The van der Waals surface area contributed by atoms with Gasteiger partial charge in [0.2, 0.25) is 0 Å². The Balaban J connectivity index is 1.72. The molecule has 4 rings (SSSR count). The number of benzene rings is 3. The fraction of sp³-hybridized carbons (Fsp3) is 0. The maximum Gasteiger partial charge on any atom is 0.360 e. The van der Waals surface area contributed by atoms with Crippen molar-refractivity contribution in [3.8, 4) is 5.75 Å². The first kappa shape index (κ1) is 22.1. The van der Waals surface area contributed by atoms with Crippen molar-refractivity contribution in [2.24, 2.45) is 0 Å². The molecule has 1 heterocycles. The molecule has 1 N–H and O–H groups in total. The van der Waals surface area contributed by atoms with Crippen LogP contribution in [0.2, 0.25) is 0 Å². The SMILES string of the molecule is O=c1oc2c(OS(=O)(=O)c3cccc(Br)c3)cccc2cc1NS(=O)(=O)c1ccccc1. The van der Waals surface area contributed by atoms with Crippen molar-refractivity contribution >= 4 is 52.7 Å². The zero-order valence-electron chi connectivity index (χ0n) is 16.1. The predicted octanol–water partition coefficient (Wildman–Crippen LogP) is 4.12. The molecule has 0 spiro atoms. The molecule has 4 aromatic rings. The summed E-state index contributed by atoms with van der Waals surface area (Å²) in [5.41, 5.74) is -1.47. The Bertz CT molecular complexity index is 1580. The van der Waals surface area contributed by atoms with Crippen molar-refractivity contribution in [1.82, 2.24) is 0 Å². The Hall–Kier alpha value is -3.15. The van der Waals surface area contributed by atoms with Crippen LogP contribution in [0.25, 0.3) is 11.0 Å². The van der Waals surface area contributed by atoms with Gasteiger partial charge in [0.15, 0.2) is 11.3 Å². The Kier molecular flexibility index (Phi) is 5.80. The molecular formula is C21H14BrNO7S2. The largest absolute Gasteiger partial charge is 0.417 e. The number of nitrogens with one attached hydrogen (secondary N) is 1. The molecule has 0 saturated carbocycles. The van der Waals surface area contributed by atoms with Gasteiger partial charge in [-0.3, -0.25) is 4.72 Å². The van der Waals surface area contributed by atoms with Crippen LogP contribution in [0, 0.1) is 0 Å². The number of halogens is 1. The van der Waals surface area contributed by atoms with Crippen LogP contribution in [0.4, 0.5) is 5.69 Å². The molecular weight excluding hydrogens is 522 g/mol. The Morgan fingerprint density at radius 1 is 0.812 bits per heavy atom. The van der Waals surface area contributed by atoms with Crippen LogP contribution < -0.4 is 14.5 Å². The molecule has 0 aliphatic rings. The van der Waals surface area contributed by atoms with Gasteiger partial charge < -0.3 is 8.60 Å². The molecule has 0 atom stereocenters. The average Bonchev–Trinajstić information content (AvgIpc) is 2.75. The molecule has 0 unspecified atom stereocenters. The van der Waals surface area contributed by atoms with E-state index in [1.165, 1.54) is 54.6 Å². The van der Waals surface area contributed by atoms with Crippen LogP contribution in [-0.4, -0.2) is 16.8 Å². The summed E-state index contributed by atoms with van der Waals surface area (Å²) in [6.45, 7) is 0. The van der Waals surface area contributed by atoms with Gasteiger partial charge in [-0.25, -0.2) is 13.2 Å². The highest BCUT2D eigenvalue weighted by Gasteiger charge is 2.21. The van der Waals surface area contributed by atoms with Crippen LogP contribution in [-0.2, 0) is 20.1 Å². The van der Waals surface area contributed by atoms with E-state index in [0.29, 0.717) is 4.47 Å². The van der Waals surface area contributed by atoms with Crippen molar-refractivity contribution in [3.05, 3.63) is 93.8 Å². The topological polar surface area (TPSA) is 120 Å². The van der Waals surface area contributed by atoms with E-state index in [0.717, 1.165) is 0 Å². The third-order valence-electron chi connectivity index (χ3n) is 4.31. The summed E-state index contributed by atoms with van der Waals surface area (Å²) in [6.07, 6.45) is 0. The standard InChI is InChI=1S/C21H14BrNO7S2/c22-15-7-5-10-17(13-15)32(27,28)30-19-11-4-6-14-12-18(21(24)29-20(14)19)23-31(25,26)16-8-2-1-3-9-16/h1-13,23H. The second kappa shape index (κ2) is 8.41. The fourth-order valence-corrected chi connectivity index (χ4v) is 5.44. The highest BCUT2D eigenvalue weighted by Crippen LogP contribution is 2.29. The van der Waals surface area contributed by atoms with E-state index in [-0.39, 0.29) is 32.2 Å². The van der Waals surface area contributed by atoms with Gasteiger partial charge in [0.1, 0.15) is 10.6 Å². The van der Waals surface area contributed by atoms with Crippen molar-refractivity contribution in [1.29, 1.82) is 0 Å². The van der Waals surface area contributed by atoms with E-state index in [2.05, 4.69) is 20.7 Å². The van der Waals surface area contributed by atoms with Crippen LogP contribution in [0.5, 0.6) is 5.75 Å².